The van der Waals surface area contributed by atoms with Crippen molar-refractivity contribution in [3.8, 4) is 5.75 Å². The van der Waals surface area contributed by atoms with E-state index in [2.05, 4.69) is 4.98 Å². The van der Waals surface area contributed by atoms with Gasteiger partial charge in [0.05, 0.1) is 12.7 Å². The van der Waals surface area contributed by atoms with Crippen molar-refractivity contribution in [2.75, 3.05) is 6.61 Å². The number of carboxylic acid groups (broad SMARTS) is 1. The Morgan fingerprint density at radius 3 is 2.75 bits per heavy atom. The number of aliphatic carboxylic acids is 1. The molecule has 1 saturated heterocycles. The Labute approximate surface area is 165 Å². The lowest BCUT2D eigenvalue weighted by Crippen LogP contribution is -2.36. The molecule has 0 spiro atoms. The van der Waals surface area contributed by atoms with Gasteiger partial charge in [-0.2, -0.15) is 0 Å². The molecule has 2 N–H and O–H groups in total. The van der Waals surface area contributed by atoms with Gasteiger partial charge in [-0.25, -0.2) is 0 Å². The van der Waals surface area contributed by atoms with E-state index < -0.39 is 12.3 Å². The highest BCUT2D eigenvalue weighted by molar-refractivity contribution is 5.66. The summed E-state index contributed by atoms with van der Waals surface area (Å²) >= 11 is 0. The fourth-order valence-corrected chi connectivity index (χ4v) is 3.60. The van der Waals surface area contributed by atoms with Gasteiger partial charge in [-0.05, 0) is 30.5 Å². The SMILES string of the molecule is O=C(O)CCCCCC1COC(Cc2cccnc2)OC1c1ccccc1O. The smallest absolute Gasteiger partial charge is 0.303 e. The molecule has 3 unspecified atom stereocenters. The van der Waals surface area contributed by atoms with E-state index in [9.17, 15) is 9.90 Å². The molecule has 2 heterocycles. The molecule has 6 nitrogen and oxygen atoms in total. The molecular weight excluding hydrogens is 358 g/mol. The first-order valence-electron chi connectivity index (χ1n) is 9.79. The third kappa shape index (κ3) is 5.78. The molecule has 3 atom stereocenters. The number of hydrogen-bond donors (Lipinski definition) is 2. The molecule has 28 heavy (non-hydrogen) atoms. The number of rotatable bonds is 9. The first kappa shape index (κ1) is 20.3. The van der Waals surface area contributed by atoms with Crippen molar-refractivity contribution < 1.29 is 24.5 Å². The lowest BCUT2D eigenvalue weighted by atomic mass is 9.89. The Morgan fingerprint density at radius 1 is 1.14 bits per heavy atom. The van der Waals surface area contributed by atoms with Crippen LogP contribution in [0.15, 0.2) is 48.8 Å². The van der Waals surface area contributed by atoms with Gasteiger partial charge in [0.2, 0.25) is 0 Å². The lowest BCUT2D eigenvalue weighted by molar-refractivity contribution is -0.239. The minimum atomic E-state index is -0.755. The molecular formula is C22H27NO5. The Hall–Kier alpha value is -2.44. The van der Waals surface area contributed by atoms with E-state index in [1.165, 1.54) is 0 Å². The predicted molar refractivity (Wildman–Crippen MR) is 104 cm³/mol. The summed E-state index contributed by atoms with van der Waals surface area (Å²) in [5.74, 6) is -0.414. The number of aromatic nitrogens is 1. The van der Waals surface area contributed by atoms with Crippen LogP contribution in [0.2, 0.25) is 0 Å². The number of aromatic hydroxyl groups is 1. The monoisotopic (exact) mass is 385 g/mol. The predicted octanol–water partition coefficient (Wildman–Crippen LogP) is 4.10. The lowest BCUT2D eigenvalue weighted by Gasteiger charge is -2.37. The average molecular weight is 385 g/mol. The third-order valence-electron chi connectivity index (χ3n) is 5.06. The van der Waals surface area contributed by atoms with E-state index in [0.717, 1.165) is 30.4 Å². The van der Waals surface area contributed by atoms with Crippen LogP contribution in [0.3, 0.4) is 0 Å². The Kier molecular flexibility index (Phi) is 7.39. The van der Waals surface area contributed by atoms with Crippen molar-refractivity contribution in [1.29, 1.82) is 0 Å². The highest BCUT2D eigenvalue weighted by atomic mass is 16.7. The largest absolute Gasteiger partial charge is 0.508 e. The summed E-state index contributed by atoms with van der Waals surface area (Å²) in [5.41, 5.74) is 1.81. The van der Waals surface area contributed by atoms with E-state index in [1.54, 1.807) is 24.5 Å². The van der Waals surface area contributed by atoms with Gasteiger partial charge in [-0.1, -0.05) is 37.1 Å². The van der Waals surface area contributed by atoms with Crippen molar-refractivity contribution in [1.82, 2.24) is 4.98 Å². The van der Waals surface area contributed by atoms with Gasteiger partial charge in [0.25, 0.3) is 0 Å². The average Bonchev–Trinajstić information content (AvgIpc) is 2.69. The van der Waals surface area contributed by atoms with Gasteiger partial charge in [-0.15, -0.1) is 0 Å². The molecule has 2 aromatic rings. The number of pyridine rings is 1. The van der Waals surface area contributed by atoms with Gasteiger partial charge in [0.15, 0.2) is 6.29 Å². The van der Waals surface area contributed by atoms with Gasteiger partial charge < -0.3 is 19.7 Å². The zero-order valence-electron chi connectivity index (χ0n) is 15.9. The molecule has 1 aromatic heterocycles. The number of carboxylic acids is 1. The molecule has 0 radical (unpaired) electrons. The van der Waals surface area contributed by atoms with Crippen molar-refractivity contribution in [3.63, 3.8) is 0 Å². The first-order chi connectivity index (χ1) is 13.6. The fraction of sp³-hybridized carbons (Fsp3) is 0.455. The second-order valence-corrected chi connectivity index (χ2v) is 7.20. The van der Waals surface area contributed by atoms with Gasteiger partial charge >= 0.3 is 5.97 Å². The number of hydrogen-bond acceptors (Lipinski definition) is 5. The van der Waals surface area contributed by atoms with Crippen LogP contribution < -0.4 is 0 Å². The Balaban J connectivity index is 1.64. The van der Waals surface area contributed by atoms with Crippen molar-refractivity contribution >= 4 is 5.97 Å². The van der Waals surface area contributed by atoms with Crippen LogP contribution in [0.4, 0.5) is 0 Å². The van der Waals surface area contributed by atoms with Gasteiger partial charge in [-0.3, -0.25) is 9.78 Å². The maximum Gasteiger partial charge on any atom is 0.303 e. The molecule has 1 aliphatic rings. The number of unbranched alkanes of at least 4 members (excludes halogenated alkanes) is 2. The summed E-state index contributed by atoms with van der Waals surface area (Å²) in [6.45, 7) is 0.545. The van der Waals surface area contributed by atoms with Crippen LogP contribution in [0.1, 0.15) is 49.3 Å². The molecule has 150 valence electrons. The molecule has 0 bridgehead atoms. The van der Waals surface area contributed by atoms with Crippen LogP contribution in [0, 0.1) is 5.92 Å². The van der Waals surface area contributed by atoms with Crippen LogP contribution >= 0.6 is 0 Å². The normalized spacial score (nSPS) is 22.1. The van der Waals surface area contributed by atoms with Crippen LogP contribution in [0.5, 0.6) is 5.75 Å². The topological polar surface area (TPSA) is 88.9 Å². The fourth-order valence-electron chi connectivity index (χ4n) is 3.60. The highest BCUT2D eigenvalue weighted by Gasteiger charge is 2.34. The minimum Gasteiger partial charge on any atom is -0.508 e. The standard InChI is InChI=1S/C22H27NO5/c24-19-10-5-4-9-18(19)22-17(8-2-1-3-11-20(25)26)15-27-21(28-22)13-16-7-6-12-23-14-16/h4-7,9-10,12,14,17,21-22,24H,1-3,8,11,13,15H2,(H,25,26). The van der Waals surface area contributed by atoms with Gasteiger partial charge in [0.1, 0.15) is 5.75 Å². The number of para-hydroxylation sites is 1. The zero-order valence-corrected chi connectivity index (χ0v) is 15.9. The van der Waals surface area contributed by atoms with Crippen LogP contribution in [0.25, 0.3) is 0 Å². The van der Waals surface area contributed by atoms with Crippen molar-refractivity contribution in [2.45, 2.75) is 50.9 Å². The molecule has 1 fully saturated rings. The number of phenolic OH excluding ortho intramolecular Hbond substituents is 1. The third-order valence-corrected chi connectivity index (χ3v) is 5.06. The van der Waals surface area contributed by atoms with E-state index in [-0.39, 0.29) is 24.2 Å². The van der Waals surface area contributed by atoms with E-state index in [4.69, 9.17) is 14.6 Å². The molecule has 1 aliphatic heterocycles. The summed E-state index contributed by atoms with van der Waals surface area (Å²) in [5, 5.41) is 19.1. The Morgan fingerprint density at radius 2 is 2.00 bits per heavy atom. The van der Waals surface area contributed by atoms with E-state index in [1.807, 2.05) is 24.3 Å². The van der Waals surface area contributed by atoms with Crippen LogP contribution in [-0.4, -0.2) is 34.1 Å². The number of nitrogens with zero attached hydrogens (tertiary/aromatic N) is 1. The maximum atomic E-state index is 10.7. The number of carbonyl (C=O) groups is 1. The van der Waals surface area contributed by atoms with E-state index in [0.29, 0.717) is 19.4 Å². The minimum absolute atomic E-state index is 0.114. The number of benzene rings is 1. The van der Waals surface area contributed by atoms with Crippen LogP contribution in [-0.2, 0) is 20.7 Å². The summed E-state index contributed by atoms with van der Waals surface area (Å²) in [6, 6.07) is 11.1. The van der Waals surface area contributed by atoms with Crippen molar-refractivity contribution in [3.05, 3.63) is 59.9 Å². The zero-order chi connectivity index (χ0) is 19.8. The molecule has 3 rings (SSSR count). The summed E-state index contributed by atoms with van der Waals surface area (Å²) < 4.78 is 12.2. The second-order valence-electron chi connectivity index (χ2n) is 7.20. The molecule has 0 saturated carbocycles. The second kappa shape index (κ2) is 10.2. The Bertz CT molecular complexity index is 752. The maximum absolute atomic E-state index is 10.7. The molecule has 0 aliphatic carbocycles. The summed E-state index contributed by atoms with van der Waals surface area (Å²) in [6.07, 6.45) is 6.99. The summed E-state index contributed by atoms with van der Waals surface area (Å²) in [7, 11) is 0. The highest BCUT2D eigenvalue weighted by Crippen LogP contribution is 2.39. The van der Waals surface area contributed by atoms with Crippen molar-refractivity contribution in [2.24, 2.45) is 5.92 Å². The van der Waals surface area contributed by atoms with E-state index >= 15 is 0 Å². The van der Waals surface area contributed by atoms with Gasteiger partial charge in [0, 0.05) is 36.7 Å². The summed E-state index contributed by atoms with van der Waals surface area (Å²) in [4.78, 5) is 14.8. The molecule has 6 heteroatoms. The first-order valence-corrected chi connectivity index (χ1v) is 9.79. The molecule has 1 aromatic carbocycles. The quantitative estimate of drug-likeness (QED) is 0.632. The number of ether oxygens (including phenoxy) is 2. The molecule has 0 amide bonds. The number of phenols is 1.